The van der Waals surface area contributed by atoms with E-state index >= 15 is 0 Å². The van der Waals surface area contributed by atoms with E-state index in [0.717, 1.165) is 5.75 Å². The van der Waals surface area contributed by atoms with Crippen LogP contribution in [0.1, 0.15) is 26.8 Å². The quantitative estimate of drug-likeness (QED) is 0.623. The van der Waals surface area contributed by atoms with Crippen LogP contribution in [0.25, 0.3) is 0 Å². The maximum Gasteiger partial charge on any atom is 0.360 e. The predicted octanol–water partition coefficient (Wildman–Crippen LogP) is 2.64. The number of furan rings is 1. The molecule has 2 heterocycles. The van der Waals surface area contributed by atoms with Gasteiger partial charge in [-0.25, -0.2) is 4.79 Å². The number of nitrogens with one attached hydrogen (secondary N) is 1. The van der Waals surface area contributed by atoms with Gasteiger partial charge in [0.15, 0.2) is 11.5 Å². The van der Waals surface area contributed by atoms with Crippen LogP contribution in [0.3, 0.4) is 0 Å². The van der Waals surface area contributed by atoms with Gasteiger partial charge in [-0.2, -0.15) is 5.10 Å². The molecule has 0 spiro atoms. The fourth-order valence-corrected chi connectivity index (χ4v) is 2.42. The van der Waals surface area contributed by atoms with Gasteiger partial charge in [0.2, 0.25) is 0 Å². The largest absolute Gasteiger partial charge is 0.497 e. The van der Waals surface area contributed by atoms with Gasteiger partial charge in [0.1, 0.15) is 23.9 Å². The van der Waals surface area contributed by atoms with Gasteiger partial charge in [0.25, 0.3) is 5.91 Å². The first-order valence-corrected chi connectivity index (χ1v) is 8.29. The smallest absolute Gasteiger partial charge is 0.360 e. The van der Waals surface area contributed by atoms with E-state index in [0.29, 0.717) is 11.5 Å². The zero-order valence-corrected chi connectivity index (χ0v) is 15.6. The number of carbonyl (C=O) groups excluding carboxylic acids is 2. The number of aryl methyl sites for hydroxylation is 1. The SMILES string of the molecule is COC(=O)c1nn(C)cc1NC(=O)c1ccc(COc2ccc(OC)cc2)o1. The van der Waals surface area contributed by atoms with Crippen LogP contribution < -0.4 is 14.8 Å². The number of benzene rings is 1. The predicted molar refractivity (Wildman–Crippen MR) is 98.5 cm³/mol. The van der Waals surface area contributed by atoms with E-state index in [1.807, 2.05) is 0 Å². The Bertz CT molecular complexity index is 974. The molecule has 0 saturated carbocycles. The first kappa shape index (κ1) is 19.0. The van der Waals surface area contributed by atoms with Gasteiger partial charge in [-0.3, -0.25) is 9.48 Å². The van der Waals surface area contributed by atoms with Gasteiger partial charge in [0.05, 0.1) is 19.9 Å². The number of nitrogens with zero attached hydrogens (tertiary/aromatic N) is 2. The molecule has 0 aliphatic carbocycles. The van der Waals surface area contributed by atoms with Crippen LogP contribution in [0.5, 0.6) is 11.5 Å². The van der Waals surface area contributed by atoms with Crippen LogP contribution in [0.15, 0.2) is 47.0 Å². The highest BCUT2D eigenvalue weighted by Gasteiger charge is 2.20. The number of methoxy groups -OCH3 is 2. The molecule has 9 nitrogen and oxygen atoms in total. The summed E-state index contributed by atoms with van der Waals surface area (Å²) in [5.41, 5.74) is 0.236. The summed E-state index contributed by atoms with van der Waals surface area (Å²) >= 11 is 0. The first-order valence-electron chi connectivity index (χ1n) is 8.29. The molecule has 0 unspecified atom stereocenters. The van der Waals surface area contributed by atoms with Crippen LogP contribution in [0, 0.1) is 0 Å². The summed E-state index contributed by atoms with van der Waals surface area (Å²) in [6.07, 6.45) is 1.50. The summed E-state index contributed by atoms with van der Waals surface area (Å²) in [5.74, 6) is 0.749. The molecule has 0 fully saturated rings. The Morgan fingerprint density at radius 3 is 2.50 bits per heavy atom. The van der Waals surface area contributed by atoms with Crippen LogP contribution >= 0.6 is 0 Å². The summed E-state index contributed by atoms with van der Waals surface area (Å²) in [4.78, 5) is 24.1. The summed E-state index contributed by atoms with van der Waals surface area (Å²) in [6.45, 7) is 0.153. The fraction of sp³-hybridized carbons (Fsp3) is 0.211. The van der Waals surface area contributed by atoms with Crippen molar-refractivity contribution in [1.29, 1.82) is 0 Å². The van der Waals surface area contributed by atoms with E-state index in [4.69, 9.17) is 13.9 Å². The van der Waals surface area contributed by atoms with Crippen molar-refractivity contribution in [2.75, 3.05) is 19.5 Å². The Hall–Kier alpha value is -3.75. The number of amides is 1. The second-order valence-corrected chi connectivity index (χ2v) is 5.74. The van der Waals surface area contributed by atoms with Crippen LogP contribution in [-0.4, -0.2) is 35.9 Å². The molecule has 0 bridgehead atoms. The fourth-order valence-electron chi connectivity index (χ4n) is 2.42. The number of carbonyl (C=O) groups is 2. The molecule has 28 heavy (non-hydrogen) atoms. The lowest BCUT2D eigenvalue weighted by Crippen LogP contribution is -2.14. The van der Waals surface area contributed by atoms with Crippen molar-refractivity contribution in [3.63, 3.8) is 0 Å². The highest BCUT2D eigenvalue weighted by atomic mass is 16.5. The van der Waals surface area contributed by atoms with Gasteiger partial charge in [-0.05, 0) is 36.4 Å². The van der Waals surface area contributed by atoms with Crippen LogP contribution in [-0.2, 0) is 18.4 Å². The third-order valence-electron chi connectivity index (χ3n) is 3.78. The molecule has 1 amide bonds. The lowest BCUT2D eigenvalue weighted by molar-refractivity contribution is 0.0594. The van der Waals surface area contributed by atoms with Crippen molar-refractivity contribution in [3.05, 3.63) is 59.8 Å². The summed E-state index contributed by atoms with van der Waals surface area (Å²) < 4.78 is 22.3. The molecule has 1 aromatic carbocycles. The molecule has 3 aromatic rings. The number of anilines is 1. The molecule has 0 aliphatic rings. The van der Waals surface area contributed by atoms with Crippen molar-refractivity contribution < 1.29 is 28.2 Å². The molecular weight excluding hydrogens is 366 g/mol. The highest BCUT2D eigenvalue weighted by molar-refractivity contribution is 6.05. The normalized spacial score (nSPS) is 10.4. The molecule has 2 aromatic heterocycles. The van der Waals surface area contributed by atoms with Gasteiger partial charge >= 0.3 is 5.97 Å². The molecule has 146 valence electrons. The molecule has 9 heteroatoms. The van der Waals surface area contributed by atoms with Gasteiger partial charge in [-0.15, -0.1) is 0 Å². The number of hydrogen-bond acceptors (Lipinski definition) is 7. The summed E-state index contributed by atoms with van der Waals surface area (Å²) in [6, 6.07) is 10.3. The Morgan fingerprint density at radius 2 is 1.82 bits per heavy atom. The van der Waals surface area contributed by atoms with Gasteiger partial charge in [0, 0.05) is 13.2 Å². The maximum atomic E-state index is 12.4. The van der Waals surface area contributed by atoms with E-state index in [-0.39, 0.29) is 23.7 Å². The monoisotopic (exact) mass is 385 g/mol. The zero-order chi connectivity index (χ0) is 20.1. The minimum atomic E-state index is -0.649. The number of rotatable bonds is 7. The van der Waals surface area contributed by atoms with Crippen molar-refractivity contribution in [2.45, 2.75) is 6.61 Å². The molecule has 0 aliphatic heterocycles. The van der Waals surface area contributed by atoms with E-state index in [1.54, 1.807) is 44.5 Å². The number of aromatic nitrogens is 2. The van der Waals surface area contributed by atoms with E-state index < -0.39 is 11.9 Å². The average Bonchev–Trinajstić information content (AvgIpc) is 3.32. The average molecular weight is 385 g/mol. The second-order valence-electron chi connectivity index (χ2n) is 5.74. The number of ether oxygens (including phenoxy) is 3. The van der Waals surface area contributed by atoms with Crippen molar-refractivity contribution in [2.24, 2.45) is 7.05 Å². The minimum absolute atomic E-state index is 0.00738. The third kappa shape index (κ3) is 4.32. The molecular formula is C19H19N3O6. The Kier molecular flexibility index (Phi) is 5.64. The maximum absolute atomic E-state index is 12.4. The van der Waals surface area contributed by atoms with E-state index in [1.165, 1.54) is 24.1 Å². The standard InChI is InChI=1S/C19H19N3O6/c1-22-10-15(17(21-22)19(24)26-3)20-18(23)16-9-8-14(28-16)11-27-13-6-4-12(25-2)5-7-13/h4-10H,11H2,1-3H3,(H,20,23). The highest BCUT2D eigenvalue weighted by Crippen LogP contribution is 2.20. The molecule has 0 radical (unpaired) electrons. The molecule has 1 N–H and O–H groups in total. The zero-order valence-electron chi connectivity index (χ0n) is 15.6. The topological polar surface area (TPSA) is 105 Å². The lowest BCUT2D eigenvalue weighted by Gasteiger charge is -2.05. The van der Waals surface area contributed by atoms with Crippen LogP contribution in [0.4, 0.5) is 5.69 Å². The van der Waals surface area contributed by atoms with E-state index in [2.05, 4.69) is 15.2 Å². The molecule has 3 rings (SSSR count). The number of esters is 1. The Morgan fingerprint density at radius 1 is 1.11 bits per heavy atom. The Balaban J connectivity index is 1.63. The third-order valence-corrected chi connectivity index (χ3v) is 3.78. The summed E-state index contributed by atoms with van der Waals surface area (Å²) in [5, 5.41) is 6.57. The lowest BCUT2D eigenvalue weighted by atomic mass is 10.3. The molecule has 0 atom stereocenters. The molecule has 0 saturated heterocycles. The summed E-state index contributed by atoms with van der Waals surface area (Å²) in [7, 11) is 4.46. The van der Waals surface area contributed by atoms with Gasteiger partial charge in [-0.1, -0.05) is 0 Å². The van der Waals surface area contributed by atoms with Crippen LogP contribution in [0.2, 0.25) is 0 Å². The minimum Gasteiger partial charge on any atom is -0.497 e. The van der Waals surface area contributed by atoms with E-state index in [9.17, 15) is 9.59 Å². The number of hydrogen-bond donors (Lipinski definition) is 1. The van der Waals surface area contributed by atoms with Crippen molar-refractivity contribution >= 4 is 17.6 Å². The second kappa shape index (κ2) is 8.30. The van der Waals surface area contributed by atoms with Gasteiger partial charge < -0.3 is 23.9 Å². The van der Waals surface area contributed by atoms with Crippen molar-refractivity contribution in [3.8, 4) is 11.5 Å². The van der Waals surface area contributed by atoms with Crippen molar-refractivity contribution in [1.82, 2.24) is 9.78 Å². The first-order chi connectivity index (χ1) is 13.5. The Labute approximate surface area is 160 Å².